The van der Waals surface area contributed by atoms with Crippen LogP contribution in [-0.2, 0) is 10.7 Å². The molecule has 0 radical (unpaired) electrons. The number of nitro benzene ring substituents is 1. The van der Waals surface area contributed by atoms with Crippen LogP contribution >= 0.6 is 19.6 Å². The van der Waals surface area contributed by atoms with Crippen molar-refractivity contribution in [3.8, 4) is 23.8 Å². The average Bonchev–Trinajstić information content (AvgIpc) is 2.66. The maximum atomic E-state index is 12.8. The zero-order valence-corrected chi connectivity index (χ0v) is 16.6. The Morgan fingerprint density at radius 1 is 1.31 bits per heavy atom. The Hall–Kier alpha value is -2.82. The lowest BCUT2D eigenvalue weighted by Gasteiger charge is -2.14. The van der Waals surface area contributed by atoms with Crippen molar-refractivity contribution < 1.29 is 27.4 Å². The molecule has 6 nitrogen and oxygen atoms in total. The molecule has 0 fully saturated rings. The topological polar surface area (TPSA) is 72.7 Å². The number of anilines is 1. The predicted octanol–water partition coefficient (Wildman–Crippen LogP) is 6.26. The van der Waals surface area contributed by atoms with E-state index in [4.69, 9.17) is 22.8 Å². The maximum absolute atomic E-state index is 12.8. The molecule has 1 atom stereocenters. The lowest BCUT2D eigenvalue weighted by molar-refractivity contribution is -0.384. The number of benzene rings is 2. The van der Waals surface area contributed by atoms with E-state index in [1.165, 1.54) is 16.8 Å². The molecule has 0 saturated carbocycles. The molecule has 2 aromatic carbocycles. The normalized spacial score (nSPS) is 11.5. The Balaban J connectivity index is 2.47. The number of ether oxygens (including phenoxy) is 1. The highest BCUT2D eigenvalue weighted by molar-refractivity contribution is 7.46. The summed E-state index contributed by atoms with van der Waals surface area (Å²) in [6, 6.07) is 6.17. The van der Waals surface area contributed by atoms with Gasteiger partial charge in [0, 0.05) is 12.1 Å². The second-order valence-corrected chi connectivity index (χ2v) is 7.81. The van der Waals surface area contributed by atoms with E-state index >= 15 is 0 Å². The molecule has 29 heavy (non-hydrogen) atoms. The van der Waals surface area contributed by atoms with Gasteiger partial charge >= 0.3 is 14.1 Å². The number of nitro groups is 1. The highest BCUT2D eigenvalue weighted by atomic mass is 35.5. The molecule has 0 heterocycles. The summed E-state index contributed by atoms with van der Waals surface area (Å²) in [7, 11) is -2.03. The van der Waals surface area contributed by atoms with Crippen molar-refractivity contribution in [3.05, 3.63) is 57.1 Å². The average molecular weight is 446 g/mol. The molecular weight excluding hydrogens is 432 g/mol. The first-order valence-electron chi connectivity index (χ1n) is 8.07. The molecule has 0 amide bonds. The molecular formula is C18H14ClF3N2O4P+. The Morgan fingerprint density at radius 2 is 2.00 bits per heavy atom. The third-order valence-corrected chi connectivity index (χ3v) is 5.42. The van der Waals surface area contributed by atoms with Gasteiger partial charge in [-0.3, -0.25) is 10.1 Å². The number of hydrogen-bond donors (Lipinski definition) is 0. The van der Waals surface area contributed by atoms with Gasteiger partial charge in [0.1, 0.15) is 18.0 Å². The van der Waals surface area contributed by atoms with Crippen LogP contribution in [0.1, 0.15) is 12.5 Å². The Morgan fingerprint density at radius 3 is 2.52 bits per heavy atom. The van der Waals surface area contributed by atoms with Gasteiger partial charge in [0.25, 0.3) is 5.69 Å². The van der Waals surface area contributed by atoms with Gasteiger partial charge in [0.2, 0.25) is 0 Å². The van der Waals surface area contributed by atoms with Crippen molar-refractivity contribution in [2.24, 2.45) is 0 Å². The molecule has 0 spiro atoms. The van der Waals surface area contributed by atoms with E-state index in [1.807, 2.05) is 0 Å². The zero-order valence-electron chi connectivity index (χ0n) is 14.9. The zero-order chi connectivity index (χ0) is 21.8. The largest absolute Gasteiger partial charge is 0.462 e. The van der Waals surface area contributed by atoms with E-state index in [2.05, 4.69) is 5.92 Å². The molecule has 1 unspecified atom stereocenters. The summed E-state index contributed by atoms with van der Waals surface area (Å²) in [4.78, 5) is 10.7. The fourth-order valence-corrected chi connectivity index (χ4v) is 3.56. The van der Waals surface area contributed by atoms with E-state index in [-0.39, 0.29) is 40.6 Å². The highest BCUT2D eigenvalue weighted by Crippen LogP contribution is 2.42. The monoisotopic (exact) mass is 445 g/mol. The van der Waals surface area contributed by atoms with E-state index in [0.29, 0.717) is 6.07 Å². The van der Waals surface area contributed by atoms with Crippen LogP contribution < -0.4 is 9.41 Å². The van der Waals surface area contributed by atoms with Crippen LogP contribution in [0.4, 0.5) is 24.5 Å². The fourth-order valence-electron chi connectivity index (χ4n) is 2.36. The van der Waals surface area contributed by atoms with Gasteiger partial charge in [-0.25, -0.2) is 0 Å². The number of alkyl halides is 3. The van der Waals surface area contributed by atoms with Crippen molar-refractivity contribution in [1.29, 1.82) is 0 Å². The van der Waals surface area contributed by atoms with Crippen molar-refractivity contribution in [2.75, 3.05) is 17.4 Å². The molecule has 2 rings (SSSR count). The molecule has 0 saturated heterocycles. The molecule has 2 aromatic rings. The summed E-state index contributed by atoms with van der Waals surface area (Å²) in [5.41, 5.74) is -1.32. The first-order valence-corrected chi connectivity index (χ1v) is 9.84. The van der Waals surface area contributed by atoms with Gasteiger partial charge in [-0.05, 0) is 35.8 Å². The molecule has 0 aliphatic rings. The van der Waals surface area contributed by atoms with Crippen LogP contribution in [0.15, 0.2) is 36.4 Å². The number of nitrogens with zero attached hydrogens (tertiary/aromatic N) is 2. The third kappa shape index (κ3) is 5.37. The molecule has 0 aromatic heterocycles. The molecule has 11 heteroatoms. The minimum atomic E-state index is -4.57. The Kier molecular flexibility index (Phi) is 7.07. The minimum absolute atomic E-state index is 0.0311. The summed E-state index contributed by atoms with van der Waals surface area (Å²) in [5.74, 6) is 2.27. The van der Waals surface area contributed by atoms with Crippen molar-refractivity contribution in [1.82, 2.24) is 0 Å². The highest BCUT2D eigenvalue weighted by Gasteiger charge is 2.33. The first kappa shape index (κ1) is 22.5. The van der Waals surface area contributed by atoms with Gasteiger partial charge in [0.15, 0.2) is 11.8 Å². The first-order chi connectivity index (χ1) is 13.6. The maximum Gasteiger partial charge on any atom is 0.462 e. The second kappa shape index (κ2) is 9.12. The van der Waals surface area contributed by atoms with Crippen LogP contribution in [0.25, 0.3) is 0 Å². The minimum Gasteiger partial charge on any atom is -0.456 e. The van der Waals surface area contributed by atoms with Gasteiger partial charge in [-0.15, -0.1) is 11.1 Å². The lowest BCUT2D eigenvalue weighted by Crippen LogP contribution is -2.16. The fraction of sp³-hybridized carbons (Fsp3) is 0.222. The van der Waals surface area contributed by atoms with Gasteiger partial charge in [-0.1, -0.05) is 17.5 Å². The molecule has 0 bridgehead atoms. The van der Waals surface area contributed by atoms with Crippen LogP contribution in [0.5, 0.6) is 11.5 Å². The number of halogens is 4. The molecule has 0 N–H and O–H groups in total. The van der Waals surface area contributed by atoms with E-state index in [9.17, 15) is 27.9 Å². The van der Waals surface area contributed by atoms with Crippen LogP contribution in [-0.4, -0.2) is 17.6 Å². The van der Waals surface area contributed by atoms with Gasteiger partial charge < -0.3 is 4.74 Å². The quantitative estimate of drug-likeness (QED) is 0.218. The van der Waals surface area contributed by atoms with E-state index in [1.54, 1.807) is 6.92 Å². The van der Waals surface area contributed by atoms with Crippen LogP contribution in [0.2, 0.25) is 5.02 Å². The standard InChI is InChI=1S/C18H14ClF3N2O4P/c1-3-9-23(29(27)4-2)16-11-13(6-7-15(16)24(25)26)28-17-8-5-12(10-14(17)19)18(20,21)22/h1,5-8,10-11H,4,9H2,2H3/q+1. The Labute approximate surface area is 170 Å². The summed E-state index contributed by atoms with van der Waals surface area (Å²) >= 11 is 5.88. The predicted molar refractivity (Wildman–Crippen MR) is 104 cm³/mol. The van der Waals surface area contributed by atoms with Crippen LogP contribution in [0.3, 0.4) is 0 Å². The number of hydrogen-bond acceptors (Lipinski definition) is 4. The van der Waals surface area contributed by atoms with E-state index < -0.39 is 24.6 Å². The molecule has 0 aliphatic carbocycles. The van der Waals surface area contributed by atoms with Gasteiger partial charge in [0.05, 0.1) is 15.5 Å². The smallest absolute Gasteiger partial charge is 0.456 e. The second-order valence-electron chi connectivity index (χ2n) is 5.58. The Bertz CT molecular complexity index is 992. The number of terminal acetylenes is 1. The van der Waals surface area contributed by atoms with Gasteiger partial charge in [-0.2, -0.15) is 13.2 Å². The van der Waals surface area contributed by atoms with E-state index in [0.717, 1.165) is 18.2 Å². The van der Waals surface area contributed by atoms with Crippen molar-refractivity contribution in [2.45, 2.75) is 13.1 Å². The van der Waals surface area contributed by atoms with Crippen LogP contribution in [0, 0.1) is 22.5 Å². The SMILES string of the molecule is C#CCN(c1cc(Oc2ccc(C(F)(F)F)cc2Cl)ccc1[N+](=O)[O-])[P+](=O)CC. The third-order valence-electron chi connectivity index (χ3n) is 3.69. The summed E-state index contributed by atoms with van der Waals surface area (Å²) in [5, 5.41) is 11.1. The summed E-state index contributed by atoms with van der Waals surface area (Å²) in [6.45, 7) is 1.49. The summed E-state index contributed by atoms with van der Waals surface area (Å²) < 4.78 is 57.3. The van der Waals surface area contributed by atoms with Crippen molar-refractivity contribution >= 4 is 30.9 Å². The lowest BCUT2D eigenvalue weighted by atomic mass is 10.2. The van der Waals surface area contributed by atoms with Crippen molar-refractivity contribution in [3.63, 3.8) is 0 Å². The molecule has 152 valence electrons. The number of rotatable bonds is 7. The summed E-state index contributed by atoms with van der Waals surface area (Å²) in [6.07, 6.45) is 0.918. The molecule has 0 aliphatic heterocycles.